The molecule has 0 saturated carbocycles. The van der Waals surface area contributed by atoms with Crippen molar-refractivity contribution in [2.24, 2.45) is 11.1 Å². The van der Waals surface area contributed by atoms with Crippen LogP contribution in [0.5, 0.6) is 0 Å². The van der Waals surface area contributed by atoms with Crippen LogP contribution in [-0.4, -0.2) is 23.5 Å². The van der Waals surface area contributed by atoms with Crippen LogP contribution in [0, 0.1) is 5.41 Å². The van der Waals surface area contributed by atoms with E-state index in [2.05, 4.69) is 21.2 Å². The second kappa shape index (κ2) is 6.85. The summed E-state index contributed by atoms with van der Waals surface area (Å²) in [5, 5.41) is 11.9. The van der Waals surface area contributed by atoms with Gasteiger partial charge < -0.3 is 16.2 Å². The van der Waals surface area contributed by atoms with Crippen molar-refractivity contribution in [2.45, 2.75) is 26.7 Å². The Labute approximate surface area is 126 Å². The third-order valence-electron chi connectivity index (χ3n) is 3.71. The molecule has 20 heavy (non-hydrogen) atoms. The van der Waals surface area contributed by atoms with Crippen LogP contribution in [0.15, 0.2) is 22.7 Å². The standard InChI is InChI=1S/C14H19BrN2O3/c1-3-14(4-2,8-16)13(20)17-11-9(12(18)19)6-5-7-10(11)15/h5-7H,3-4,8,16H2,1-2H3,(H,17,20)(H,18,19). The lowest BCUT2D eigenvalue weighted by molar-refractivity contribution is -0.125. The lowest BCUT2D eigenvalue weighted by Gasteiger charge is -2.29. The number of aromatic carboxylic acids is 1. The number of para-hydroxylation sites is 1. The van der Waals surface area contributed by atoms with Gasteiger partial charge in [-0.25, -0.2) is 4.79 Å². The van der Waals surface area contributed by atoms with Gasteiger partial charge in [0.1, 0.15) is 0 Å². The van der Waals surface area contributed by atoms with Gasteiger partial charge in [0, 0.05) is 11.0 Å². The molecule has 0 heterocycles. The van der Waals surface area contributed by atoms with Gasteiger partial charge in [-0.05, 0) is 40.9 Å². The van der Waals surface area contributed by atoms with Crippen LogP contribution in [-0.2, 0) is 4.79 Å². The minimum absolute atomic E-state index is 0.0471. The number of nitrogens with one attached hydrogen (secondary N) is 1. The molecule has 0 aliphatic carbocycles. The van der Waals surface area contributed by atoms with E-state index in [-0.39, 0.29) is 23.7 Å². The highest BCUT2D eigenvalue weighted by Gasteiger charge is 2.34. The average molecular weight is 343 g/mol. The number of hydrogen-bond acceptors (Lipinski definition) is 3. The van der Waals surface area contributed by atoms with E-state index in [4.69, 9.17) is 5.73 Å². The van der Waals surface area contributed by atoms with E-state index in [0.29, 0.717) is 17.3 Å². The second-order valence-corrected chi connectivity index (χ2v) is 5.47. The molecule has 6 heteroatoms. The summed E-state index contributed by atoms with van der Waals surface area (Å²) >= 11 is 3.27. The van der Waals surface area contributed by atoms with Gasteiger partial charge >= 0.3 is 5.97 Å². The quantitative estimate of drug-likeness (QED) is 0.741. The summed E-state index contributed by atoms with van der Waals surface area (Å²) in [6.45, 7) is 4.01. The largest absolute Gasteiger partial charge is 0.478 e. The Balaban J connectivity index is 3.16. The van der Waals surface area contributed by atoms with Crippen LogP contribution in [0.1, 0.15) is 37.0 Å². The molecule has 0 saturated heterocycles. The summed E-state index contributed by atoms with van der Waals surface area (Å²) in [4.78, 5) is 23.7. The smallest absolute Gasteiger partial charge is 0.337 e. The Bertz CT molecular complexity index is 505. The summed E-state index contributed by atoms with van der Waals surface area (Å²) in [7, 11) is 0. The van der Waals surface area contributed by atoms with Gasteiger partial charge in [-0.2, -0.15) is 0 Å². The molecule has 1 amide bonds. The van der Waals surface area contributed by atoms with E-state index in [9.17, 15) is 14.7 Å². The zero-order chi connectivity index (χ0) is 15.3. The predicted octanol–water partition coefficient (Wildman–Crippen LogP) is 2.85. The first kappa shape index (κ1) is 16.7. The maximum atomic E-state index is 12.4. The Morgan fingerprint density at radius 1 is 1.35 bits per heavy atom. The number of benzene rings is 1. The predicted molar refractivity (Wildman–Crippen MR) is 81.8 cm³/mol. The molecule has 1 aromatic rings. The van der Waals surface area contributed by atoms with Crippen molar-refractivity contribution >= 4 is 33.5 Å². The molecule has 1 rings (SSSR count). The molecule has 5 nitrogen and oxygen atoms in total. The molecule has 0 fully saturated rings. The number of halogens is 1. The molecular weight excluding hydrogens is 324 g/mol. The number of anilines is 1. The Morgan fingerprint density at radius 2 is 1.95 bits per heavy atom. The number of hydrogen-bond donors (Lipinski definition) is 3. The number of nitrogens with two attached hydrogens (primary N) is 1. The lowest BCUT2D eigenvalue weighted by Crippen LogP contribution is -2.41. The summed E-state index contributed by atoms with van der Waals surface area (Å²) in [6, 6.07) is 4.74. The molecule has 0 aromatic heterocycles. The molecule has 0 aliphatic heterocycles. The van der Waals surface area contributed by atoms with E-state index >= 15 is 0 Å². The SMILES string of the molecule is CCC(CC)(CN)C(=O)Nc1c(Br)cccc1C(=O)O. The van der Waals surface area contributed by atoms with Gasteiger partial charge in [-0.15, -0.1) is 0 Å². The van der Waals surface area contributed by atoms with Crippen LogP contribution in [0.25, 0.3) is 0 Å². The number of amides is 1. The zero-order valence-electron chi connectivity index (χ0n) is 11.6. The average Bonchev–Trinajstić information content (AvgIpc) is 2.43. The molecule has 0 unspecified atom stereocenters. The molecule has 0 atom stereocenters. The topological polar surface area (TPSA) is 92.4 Å². The Kier molecular flexibility index (Phi) is 5.71. The lowest BCUT2D eigenvalue weighted by atomic mass is 9.81. The second-order valence-electron chi connectivity index (χ2n) is 4.61. The maximum absolute atomic E-state index is 12.4. The maximum Gasteiger partial charge on any atom is 0.337 e. The summed E-state index contributed by atoms with van der Waals surface area (Å²) in [5.74, 6) is -1.34. The monoisotopic (exact) mass is 342 g/mol. The molecule has 0 radical (unpaired) electrons. The molecule has 0 aliphatic rings. The van der Waals surface area contributed by atoms with Gasteiger partial charge in [-0.3, -0.25) is 4.79 Å². The van der Waals surface area contributed by atoms with Gasteiger partial charge in [-0.1, -0.05) is 19.9 Å². The number of carbonyl (C=O) groups excluding carboxylic acids is 1. The Morgan fingerprint density at radius 3 is 2.40 bits per heavy atom. The third-order valence-corrected chi connectivity index (χ3v) is 4.37. The van der Waals surface area contributed by atoms with E-state index in [1.807, 2.05) is 13.8 Å². The normalized spacial score (nSPS) is 11.2. The van der Waals surface area contributed by atoms with Crippen LogP contribution in [0.3, 0.4) is 0 Å². The number of carbonyl (C=O) groups is 2. The van der Waals surface area contributed by atoms with Gasteiger partial charge in [0.15, 0.2) is 0 Å². The van der Waals surface area contributed by atoms with Crippen LogP contribution >= 0.6 is 15.9 Å². The van der Waals surface area contributed by atoms with Crippen molar-refractivity contribution in [1.29, 1.82) is 0 Å². The molecule has 4 N–H and O–H groups in total. The number of carboxylic acids is 1. The van der Waals surface area contributed by atoms with Crippen molar-refractivity contribution in [3.05, 3.63) is 28.2 Å². The van der Waals surface area contributed by atoms with Gasteiger partial charge in [0.25, 0.3) is 0 Å². The molecule has 0 spiro atoms. The highest BCUT2D eigenvalue weighted by atomic mass is 79.9. The fourth-order valence-corrected chi connectivity index (χ4v) is 2.49. The first-order chi connectivity index (χ1) is 9.41. The molecule has 110 valence electrons. The van der Waals surface area contributed by atoms with Gasteiger partial charge in [0.2, 0.25) is 5.91 Å². The molecule has 0 bridgehead atoms. The van der Waals surface area contributed by atoms with Crippen molar-refractivity contribution in [3.63, 3.8) is 0 Å². The van der Waals surface area contributed by atoms with Crippen molar-refractivity contribution < 1.29 is 14.7 Å². The Hall–Kier alpha value is -1.40. The summed E-state index contributed by atoms with van der Waals surface area (Å²) < 4.78 is 0.531. The van der Waals surface area contributed by atoms with Gasteiger partial charge in [0.05, 0.1) is 16.7 Å². The van der Waals surface area contributed by atoms with Crippen molar-refractivity contribution in [2.75, 3.05) is 11.9 Å². The summed E-state index contributed by atoms with van der Waals surface area (Å²) in [5.41, 5.74) is 5.37. The van der Waals surface area contributed by atoms with Crippen LogP contribution < -0.4 is 11.1 Å². The fraction of sp³-hybridized carbons (Fsp3) is 0.429. The molecular formula is C14H19BrN2O3. The van der Waals surface area contributed by atoms with E-state index in [1.54, 1.807) is 12.1 Å². The van der Waals surface area contributed by atoms with Crippen molar-refractivity contribution in [3.8, 4) is 0 Å². The first-order valence-electron chi connectivity index (χ1n) is 6.45. The van der Waals surface area contributed by atoms with E-state index in [1.165, 1.54) is 6.07 Å². The highest BCUT2D eigenvalue weighted by Crippen LogP contribution is 2.31. The van der Waals surface area contributed by atoms with Crippen molar-refractivity contribution in [1.82, 2.24) is 0 Å². The first-order valence-corrected chi connectivity index (χ1v) is 7.24. The number of carboxylic acid groups (broad SMARTS) is 1. The fourth-order valence-electron chi connectivity index (χ4n) is 2.03. The van der Waals surface area contributed by atoms with E-state index in [0.717, 1.165) is 0 Å². The summed E-state index contributed by atoms with van der Waals surface area (Å²) in [6.07, 6.45) is 1.19. The van der Waals surface area contributed by atoms with Crippen LogP contribution in [0.2, 0.25) is 0 Å². The zero-order valence-corrected chi connectivity index (χ0v) is 13.2. The number of rotatable bonds is 6. The minimum atomic E-state index is -1.09. The third kappa shape index (κ3) is 3.19. The van der Waals surface area contributed by atoms with E-state index < -0.39 is 11.4 Å². The van der Waals surface area contributed by atoms with Crippen LogP contribution in [0.4, 0.5) is 5.69 Å². The molecule has 1 aromatic carbocycles. The minimum Gasteiger partial charge on any atom is -0.478 e. The highest BCUT2D eigenvalue weighted by molar-refractivity contribution is 9.10.